The largest absolute Gasteiger partial charge is 0.493 e. The third-order valence-electron chi connectivity index (χ3n) is 4.41. The van der Waals surface area contributed by atoms with Crippen LogP contribution in [0.2, 0.25) is 0 Å². The quantitative estimate of drug-likeness (QED) is 0.536. The second-order valence-corrected chi connectivity index (χ2v) is 6.68. The average molecular weight is 425 g/mol. The normalized spacial score (nSPS) is 10.8. The summed E-state index contributed by atoms with van der Waals surface area (Å²) in [7, 11) is 4.65. The lowest BCUT2D eigenvalue weighted by Gasteiger charge is -2.12. The maximum absolute atomic E-state index is 12.8. The molecule has 8 heteroatoms. The van der Waals surface area contributed by atoms with Crippen LogP contribution < -0.4 is 25.4 Å². The Hall–Kier alpha value is -3.81. The molecular formula is C23H27N3O5. The van der Waals surface area contributed by atoms with E-state index in [9.17, 15) is 14.4 Å². The first-order valence-corrected chi connectivity index (χ1v) is 9.68. The van der Waals surface area contributed by atoms with E-state index in [0.717, 1.165) is 5.56 Å². The summed E-state index contributed by atoms with van der Waals surface area (Å²) in [6.45, 7) is 1.33. The molecule has 0 aliphatic carbocycles. The molecule has 3 amide bonds. The highest BCUT2D eigenvalue weighted by atomic mass is 16.5. The number of benzene rings is 2. The number of aryl methyl sites for hydroxylation is 1. The van der Waals surface area contributed by atoms with Gasteiger partial charge in [-0.1, -0.05) is 18.2 Å². The standard InChI is InChI=1S/C23H27N3O5/c1-15(27)25-19(13-17-7-11-20(30-3)21(14-17)31-4)23(29)26-18-9-5-16(6-10-18)8-12-22(28)24-2/h5-7,9-11,13-14H,8,12H2,1-4H3,(H,24,28)(H,25,27)(H,26,29)/b19-13-. The van der Waals surface area contributed by atoms with E-state index < -0.39 is 5.91 Å². The maximum atomic E-state index is 12.8. The van der Waals surface area contributed by atoms with Crippen molar-refractivity contribution in [1.29, 1.82) is 0 Å². The highest BCUT2D eigenvalue weighted by Crippen LogP contribution is 2.28. The molecule has 0 unspecified atom stereocenters. The van der Waals surface area contributed by atoms with Crippen molar-refractivity contribution in [2.45, 2.75) is 19.8 Å². The molecule has 2 rings (SSSR count). The molecule has 0 bridgehead atoms. The molecule has 3 N–H and O–H groups in total. The van der Waals surface area contributed by atoms with Crippen molar-refractivity contribution in [2.75, 3.05) is 26.6 Å². The lowest BCUT2D eigenvalue weighted by Crippen LogP contribution is -2.28. The lowest BCUT2D eigenvalue weighted by atomic mass is 10.1. The fourth-order valence-corrected chi connectivity index (χ4v) is 2.79. The summed E-state index contributed by atoms with van der Waals surface area (Å²) >= 11 is 0. The van der Waals surface area contributed by atoms with E-state index in [1.165, 1.54) is 21.1 Å². The van der Waals surface area contributed by atoms with E-state index >= 15 is 0 Å². The van der Waals surface area contributed by atoms with Gasteiger partial charge in [0.1, 0.15) is 5.70 Å². The molecule has 0 saturated heterocycles. The number of hydrogen-bond donors (Lipinski definition) is 3. The molecule has 0 radical (unpaired) electrons. The number of ether oxygens (including phenoxy) is 2. The van der Waals surface area contributed by atoms with E-state index in [4.69, 9.17) is 9.47 Å². The van der Waals surface area contributed by atoms with E-state index in [0.29, 0.717) is 35.6 Å². The Kier molecular flexibility index (Phi) is 8.63. The van der Waals surface area contributed by atoms with Gasteiger partial charge in [0, 0.05) is 26.1 Å². The summed E-state index contributed by atoms with van der Waals surface area (Å²) < 4.78 is 10.5. The summed E-state index contributed by atoms with van der Waals surface area (Å²) in [5.74, 6) is 0.194. The molecule has 164 valence electrons. The van der Waals surface area contributed by atoms with Crippen LogP contribution in [0.1, 0.15) is 24.5 Å². The fraction of sp³-hybridized carbons (Fsp3) is 0.261. The molecule has 0 heterocycles. The minimum Gasteiger partial charge on any atom is -0.493 e. The van der Waals surface area contributed by atoms with E-state index in [2.05, 4.69) is 16.0 Å². The van der Waals surface area contributed by atoms with Gasteiger partial charge in [-0.05, 0) is 47.9 Å². The molecule has 0 atom stereocenters. The summed E-state index contributed by atoms with van der Waals surface area (Å²) in [5, 5.41) is 7.91. The summed E-state index contributed by atoms with van der Waals surface area (Å²) in [6.07, 6.45) is 2.55. The van der Waals surface area contributed by atoms with Gasteiger partial charge in [0.15, 0.2) is 11.5 Å². The molecular weight excluding hydrogens is 398 g/mol. The average Bonchev–Trinajstić information content (AvgIpc) is 2.77. The smallest absolute Gasteiger partial charge is 0.272 e. The Morgan fingerprint density at radius 2 is 1.65 bits per heavy atom. The van der Waals surface area contributed by atoms with Crippen molar-refractivity contribution < 1.29 is 23.9 Å². The van der Waals surface area contributed by atoms with Crippen molar-refractivity contribution in [3.63, 3.8) is 0 Å². The van der Waals surface area contributed by atoms with E-state index in [1.807, 2.05) is 12.1 Å². The Bertz CT molecular complexity index is 968. The summed E-state index contributed by atoms with van der Waals surface area (Å²) in [6, 6.07) is 12.3. The second-order valence-electron chi connectivity index (χ2n) is 6.68. The van der Waals surface area contributed by atoms with Crippen LogP contribution in [0.25, 0.3) is 6.08 Å². The monoisotopic (exact) mass is 425 g/mol. The van der Waals surface area contributed by atoms with Gasteiger partial charge in [0.05, 0.1) is 14.2 Å². The van der Waals surface area contributed by atoms with Gasteiger partial charge in [-0.15, -0.1) is 0 Å². The van der Waals surface area contributed by atoms with Crippen LogP contribution in [0.3, 0.4) is 0 Å². The minimum absolute atomic E-state index is 0.0300. The predicted octanol–water partition coefficient (Wildman–Crippen LogP) is 2.50. The minimum atomic E-state index is -0.469. The molecule has 0 aliphatic heterocycles. The van der Waals surface area contributed by atoms with Crippen LogP contribution >= 0.6 is 0 Å². The Balaban J connectivity index is 2.17. The fourth-order valence-electron chi connectivity index (χ4n) is 2.79. The maximum Gasteiger partial charge on any atom is 0.272 e. The lowest BCUT2D eigenvalue weighted by molar-refractivity contribution is -0.121. The zero-order valence-corrected chi connectivity index (χ0v) is 18.1. The number of nitrogens with one attached hydrogen (secondary N) is 3. The van der Waals surface area contributed by atoms with Gasteiger partial charge in [-0.3, -0.25) is 14.4 Å². The van der Waals surface area contributed by atoms with Crippen molar-refractivity contribution >= 4 is 29.5 Å². The third-order valence-corrected chi connectivity index (χ3v) is 4.41. The van der Waals surface area contributed by atoms with E-state index in [1.54, 1.807) is 43.5 Å². The summed E-state index contributed by atoms with van der Waals surface area (Å²) in [5.41, 5.74) is 2.28. The molecule has 0 saturated carbocycles. The van der Waals surface area contributed by atoms with Gasteiger partial charge in [-0.25, -0.2) is 0 Å². The van der Waals surface area contributed by atoms with Gasteiger partial charge >= 0.3 is 0 Å². The first-order valence-electron chi connectivity index (χ1n) is 9.68. The molecule has 0 spiro atoms. The van der Waals surface area contributed by atoms with Crippen LogP contribution in [-0.2, 0) is 20.8 Å². The Labute approximate surface area is 181 Å². The molecule has 8 nitrogen and oxygen atoms in total. The molecule has 0 aromatic heterocycles. The first-order chi connectivity index (χ1) is 14.9. The van der Waals surface area contributed by atoms with Crippen molar-refractivity contribution in [2.24, 2.45) is 0 Å². The number of rotatable bonds is 9. The van der Waals surface area contributed by atoms with Crippen molar-refractivity contribution in [3.8, 4) is 11.5 Å². The van der Waals surface area contributed by atoms with E-state index in [-0.39, 0.29) is 17.5 Å². The van der Waals surface area contributed by atoms with Crippen molar-refractivity contribution in [3.05, 3.63) is 59.3 Å². The van der Waals surface area contributed by atoms with Gasteiger partial charge in [-0.2, -0.15) is 0 Å². The Morgan fingerprint density at radius 1 is 0.968 bits per heavy atom. The number of hydrogen-bond acceptors (Lipinski definition) is 5. The number of carbonyl (C=O) groups is 3. The number of amides is 3. The summed E-state index contributed by atoms with van der Waals surface area (Å²) in [4.78, 5) is 35.7. The zero-order chi connectivity index (χ0) is 22.8. The van der Waals surface area contributed by atoms with Gasteiger partial charge < -0.3 is 25.4 Å². The Morgan fingerprint density at radius 3 is 2.23 bits per heavy atom. The molecule has 31 heavy (non-hydrogen) atoms. The van der Waals surface area contributed by atoms with Crippen LogP contribution in [0.15, 0.2) is 48.2 Å². The predicted molar refractivity (Wildman–Crippen MR) is 119 cm³/mol. The third kappa shape index (κ3) is 7.18. The second kappa shape index (κ2) is 11.4. The topological polar surface area (TPSA) is 106 Å². The number of anilines is 1. The van der Waals surface area contributed by atoms with Gasteiger partial charge in [0.25, 0.3) is 5.91 Å². The SMILES string of the molecule is CNC(=O)CCc1ccc(NC(=O)/C(=C/c2ccc(OC)c(OC)c2)NC(C)=O)cc1. The molecule has 2 aromatic rings. The zero-order valence-electron chi connectivity index (χ0n) is 18.1. The van der Waals surface area contributed by atoms with Crippen LogP contribution in [0.4, 0.5) is 5.69 Å². The van der Waals surface area contributed by atoms with Crippen LogP contribution in [-0.4, -0.2) is 39.0 Å². The number of methoxy groups -OCH3 is 2. The highest BCUT2D eigenvalue weighted by molar-refractivity contribution is 6.08. The highest BCUT2D eigenvalue weighted by Gasteiger charge is 2.13. The van der Waals surface area contributed by atoms with Gasteiger partial charge in [0.2, 0.25) is 11.8 Å². The molecule has 0 aliphatic rings. The number of carbonyl (C=O) groups excluding carboxylic acids is 3. The first kappa shape index (κ1) is 23.5. The molecule has 2 aromatic carbocycles. The van der Waals surface area contributed by atoms with Crippen LogP contribution in [0.5, 0.6) is 11.5 Å². The molecule has 0 fully saturated rings. The van der Waals surface area contributed by atoms with Crippen molar-refractivity contribution in [1.82, 2.24) is 10.6 Å². The van der Waals surface area contributed by atoms with Crippen LogP contribution in [0, 0.1) is 0 Å².